The molecular formula is C12H17FN2. The number of benzene rings is 1. The van der Waals surface area contributed by atoms with E-state index in [0.29, 0.717) is 5.84 Å². The fraction of sp³-hybridized carbons (Fsp3) is 0.417. The number of nitrogens with one attached hydrogen (secondary N) is 1. The van der Waals surface area contributed by atoms with Gasteiger partial charge in [0.1, 0.15) is 11.7 Å². The smallest absolute Gasteiger partial charge is 0.123 e. The van der Waals surface area contributed by atoms with Crippen LogP contribution >= 0.6 is 0 Å². The van der Waals surface area contributed by atoms with Crippen LogP contribution in [-0.4, -0.2) is 24.8 Å². The predicted molar refractivity (Wildman–Crippen MR) is 60.8 cm³/mol. The van der Waals surface area contributed by atoms with Gasteiger partial charge in [-0.2, -0.15) is 0 Å². The van der Waals surface area contributed by atoms with E-state index in [4.69, 9.17) is 5.41 Å². The van der Waals surface area contributed by atoms with Crippen molar-refractivity contribution in [3.05, 3.63) is 35.6 Å². The second-order valence-corrected chi connectivity index (χ2v) is 4.37. The van der Waals surface area contributed by atoms with Crippen molar-refractivity contribution in [1.29, 1.82) is 5.41 Å². The van der Waals surface area contributed by atoms with Crippen molar-refractivity contribution >= 4 is 5.84 Å². The van der Waals surface area contributed by atoms with Crippen LogP contribution in [0.4, 0.5) is 4.39 Å². The van der Waals surface area contributed by atoms with Gasteiger partial charge in [-0.3, -0.25) is 5.41 Å². The van der Waals surface area contributed by atoms with Crippen molar-refractivity contribution < 1.29 is 4.39 Å². The van der Waals surface area contributed by atoms with Gasteiger partial charge in [-0.1, -0.05) is 12.1 Å². The molecular weight excluding hydrogens is 191 g/mol. The number of amidine groups is 1. The lowest BCUT2D eigenvalue weighted by Crippen LogP contribution is -2.38. The maximum Gasteiger partial charge on any atom is 0.123 e. The average molecular weight is 208 g/mol. The molecule has 0 saturated carbocycles. The Balaban J connectivity index is 3.05. The van der Waals surface area contributed by atoms with E-state index in [0.717, 1.165) is 5.56 Å². The summed E-state index contributed by atoms with van der Waals surface area (Å²) >= 11 is 0. The van der Waals surface area contributed by atoms with Crippen LogP contribution in [0.25, 0.3) is 0 Å². The van der Waals surface area contributed by atoms with Crippen molar-refractivity contribution in [2.45, 2.75) is 19.3 Å². The second kappa shape index (κ2) is 4.01. The molecule has 0 amide bonds. The lowest BCUT2D eigenvalue weighted by Gasteiger charge is -2.30. The Bertz CT molecular complexity index is 352. The zero-order chi connectivity index (χ0) is 11.6. The minimum Gasteiger partial charge on any atom is -0.366 e. The maximum atomic E-state index is 12.8. The summed E-state index contributed by atoms with van der Waals surface area (Å²) in [6.07, 6.45) is 0. The van der Waals surface area contributed by atoms with Crippen LogP contribution in [0.5, 0.6) is 0 Å². The van der Waals surface area contributed by atoms with Crippen molar-refractivity contribution in [3.63, 3.8) is 0 Å². The molecule has 2 nitrogen and oxygen atoms in total. The molecule has 0 aromatic heterocycles. The summed E-state index contributed by atoms with van der Waals surface area (Å²) in [6.45, 7) is 3.92. The van der Waals surface area contributed by atoms with Gasteiger partial charge >= 0.3 is 0 Å². The Morgan fingerprint density at radius 1 is 1.20 bits per heavy atom. The van der Waals surface area contributed by atoms with Crippen LogP contribution in [0.1, 0.15) is 19.4 Å². The summed E-state index contributed by atoms with van der Waals surface area (Å²) in [5, 5.41) is 7.97. The van der Waals surface area contributed by atoms with E-state index in [1.165, 1.54) is 12.1 Å². The van der Waals surface area contributed by atoms with Gasteiger partial charge in [0.05, 0.1) is 0 Å². The SMILES string of the molecule is CN(C)C(=N)C(C)(C)c1ccc(F)cc1. The zero-order valence-electron chi connectivity index (χ0n) is 9.63. The summed E-state index contributed by atoms with van der Waals surface area (Å²) in [5.41, 5.74) is 0.555. The van der Waals surface area contributed by atoms with Gasteiger partial charge < -0.3 is 4.90 Å². The standard InChI is InChI=1S/C12H17FN2/c1-12(2,11(14)15(3)4)9-5-7-10(13)8-6-9/h5-8,14H,1-4H3. The highest BCUT2D eigenvalue weighted by Gasteiger charge is 2.27. The molecule has 1 aromatic carbocycles. The quantitative estimate of drug-likeness (QED) is 0.587. The molecule has 1 N–H and O–H groups in total. The Labute approximate surface area is 90.2 Å². The van der Waals surface area contributed by atoms with Crippen LogP contribution < -0.4 is 0 Å². The van der Waals surface area contributed by atoms with Crippen LogP contribution in [0.15, 0.2) is 24.3 Å². The van der Waals surface area contributed by atoms with E-state index in [2.05, 4.69) is 0 Å². The molecule has 0 unspecified atom stereocenters. The van der Waals surface area contributed by atoms with Gasteiger partial charge in [-0.25, -0.2) is 4.39 Å². The van der Waals surface area contributed by atoms with Crippen LogP contribution in [0, 0.1) is 11.2 Å². The van der Waals surface area contributed by atoms with Crippen LogP contribution in [0.3, 0.4) is 0 Å². The molecule has 0 atom stereocenters. The summed E-state index contributed by atoms with van der Waals surface area (Å²) < 4.78 is 12.8. The van der Waals surface area contributed by atoms with Crippen molar-refractivity contribution in [1.82, 2.24) is 4.90 Å². The lowest BCUT2D eigenvalue weighted by molar-refractivity contribution is 0.532. The number of hydrogen-bond acceptors (Lipinski definition) is 1. The van der Waals surface area contributed by atoms with E-state index in [9.17, 15) is 4.39 Å². The lowest BCUT2D eigenvalue weighted by atomic mass is 9.83. The number of likely N-dealkylation sites (N-methyl/N-ethyl adjacent to an activating group) is 1. The van der Waals surface area contributed by atoms with Crippen molar-refractivity contribution in [3.8, 4) is 0 Å². The molecule has 82 valence electrons. The molecule has 0 aliphatic carbocycles. The molecule has 0 saturated heterocycles. The topological polar surface area (TPSA) is 27.1 Å². The second-order valence-electron chi connectivity index (χ2n) is 4.37. The summed E-state index contributed by atoms with van der Waals surface area (Å²) in [4.78, 5) is 1.77. The molecule has 0 heterocycles. The summed E-state index contributed by atoms with van der Waals surface area (Å²) in [6, 6.07) is 6.32. The monoisotopic (exact) mass is 208 g/mol. The van der Waals surface area contributed by atoms with E-state index in [1.54, 1.807) is 17.0 Å². The molecule has 0 spiro atoms. The molecule has 1 aromatic rings. The zero-order valence-corrected chi connectivity index (χ0v) is 9.63. The van der Waals surface area contributed by atoms with Crippen LogP contribution in [-0.2, 0) is 5.41 Å². The first-order valence-electron chi connectivity index (χ1n) is 4.88. The van der Waals surface area contributed by atoms with E-state index in [-0.39, 0.29) is 5.82 Å². The Hall–Kier alpha value is -1.38. The van der Waals surface area contributed by atoms with Gasteiger partial charge in [-0.15, -0.1) is 0 Å². The third-order valence-electron chi connectivity index (χ3n) is 2.61. The molecule has 0 radical (unpaired) electrons. The molecule has 0 aliphatic rings. The van der Waals surface area contributed by atoms with Gasteiger partial charge in [0.15, 0.2) is 0 Å². The highest BCUT2D eigenvalue weighted by Crippen LogP contribution is 2.25. The molecule has 0 bridgehead atoms. The third kappa shape index (κ3) is 2.35. The number of halogens is 1. The van der Waals surface area contributed by atoms with Crippen molar-refractivity contribution in [2.75, 3.05) is 14.1 Å². The highest BCUT2D eigenvalue weighted by molar-refractivity contribution is 5.89. The van der Waals surface area contributed by atoms with Gasteiger partial charge in [-0.05, 0) is 31.5 Å². The molecule has 0 fully saturated rings. The minimum atomic E-state index is -0.392. The molecule has 0 aliphatic heterocycles. The number of rotatable bonds is 2. The highest BCUT2D eigenvalue weighted by atomic mass is 19.1. The van der Waals surface area contributed by atoms with Gasteiger partial charge in [0, 0.05) is 19.5 Å². The van der Waals surface area contributed by atoms with Gasteiger partial charge in [0.25, 0.3) is 0 Å². The maximum absolute atomic E-state index is 12.8. The van der Waals surface area contributed by atoms with E-state index >= 15 is 0 Å². The van der Waals surface area contributed by atoms with Gasteiger partial charge in [0.2, 0.25) is 0 Å². The normalized spacial score (nSPS) is 11.3. The summed E-state index contributed by atoms with van der Waals surface area (Å²) in [7, 11) is 3.68. The van der Waals surface area contributed by atoms with Crippen molar-refractivity contribution in [2.24, 2.45) is 0 Å². The number of nitrogens with zero attached hydrogens (tertiary/aromatic N) is 1. The Kier molecular flexibility index (Phi) is 3.12. The Morgan fingerprint density at radius 3 is 2.07 bits per heavy atom. The first kappa shape index (κ1) is 11.7. The molecule has 1 rings (SSSR count). The average Bonchev–Trinajstić information content (AvgIpc) is 2.17. The number of hydrogen-bond donors (Lipinski definition) is 1. The molecule has 3 heteroatoms. The largest absolute Gasteiger partial charge is 0.366 e. The minimum absolute atomic E-state index is 0.245. The van der Waals surface area contributed by atoms with Crippen LogP contribution in [0.2, 0.25) is 0 Å². The fourth-order valence-corrected chi connectivity index (χ4v) is 1.56. The third-order valence-corrected chi connectivity index (χ3v) is 2.61. The predicted octanol–water partition coefficient (Wildman–Crippen LogP) is 2.64. The Morgan fingerprint density at radius 2 is 1.67 bits per heavy atom. The fourth-order valence-electron chi connectivity index (χ4n) is 1.56. The first-order chi connectivity index (χ1) is 6.85. The van der Waals surface area contributed by atoms with E-state index in [1.807, 2.05) is 27.9 Å². The van der Waals surface area contributed by atoms with E-state index < -0.39 is 5.41 Å². The first-order valence-corrected chi connectivity index (χ1v) is 4.88. The summed E-state index contributed by atoms with van der Waals surface area (Å²) in [5.74, 6) is 0.264. The molecule has 15 heavy (non-hydrogen) atoms.